The van der Waals surface area contributed by atoms with Crippen molar-refractivity contribution in [1.82, 2.24) is 0 Å². The van der Waals surface area contributed by atoms with Gasteiger partial charge in [0.1, 0.15) is 0 Å². The molecule has 0 aliphatic rings. The van der Waals surface area contributed by atoms with E-state index >= 15 is 0 Å². The molecule has 0 aliphatic heterocycles. The van der Waals surface area contributed by atoms with E-state index in [2.05, 4.69) is 16.3 Å². The first-order valence-corrected chi connectivity index (χ1v) is 7.30. The normalized spacial score (nSPS) is 10.3. The first-order valence-electron chi connectivity index (χ1n) is 6.42. The monoisotopic (exact) mass is 290 g/mol. The molecule has 0 unspecified atom stereocenters. The summed E-state index contributed by atoms with van der Waals surface area (Å²) in [6.45, 7) is 2.93. The van der Waals surface area contributed by atoms with Gasteiger partial charge in [-0.1, -0.05) is 6.07 Å². The molecule has 1 heterocycles. The Morgan fingerprint density at radius 3 is 2.80 bits per heavy atom. The number of carbonyl (C=O) groups excluding carboxylic acids is 1. The second-order valence-corrected chi connectivity index (χ2v) is 5.46. The Balaban J connectivity index is 2.14. The van der Waals surface area contributed by atoms with Crippen molar-refractivity contribution in [3.63, 3.8) is 0 Å². The third-order valence-electron chi connectivity index (χ3n) is 2.92. The average molecular weight is 290 g/mol. The number of nitrogens with zero attached hydrogens (tertiary/aromatic N) is 1. The van der Waals surface area contributed by atoms with Crippen LogP contribution in [-0.4, -0.2) is 19.6 Å². The predicted molar refractivity (Wildman–Crippen MR) is 83.2 cm³/mol. The smallest absolute Gasteiger partial charge is 0.338 e. The van der Waals surface area contributed by atoms with Crippen molar-refractivity contribution in [3.05, 3.63) is 46.2 Å². The molecule has 2 aromatic rings. The molecule has 0 saturated carbocycles. The van der Waals surface area contributed by atoms with Crippen molar-refractivity contribution in [2.45, 2.75) is 13.5 Å². The van der Waals surface area contributed by atoms with Gasteiger partial charge in [0.25, 0.3) is 0 Å². The van der Waals surface area contributed by atoms with E-state index in [4.69, 9.17) is 10.5 Å². The number of nitrogens with two attached hydrogens (primary N) is 1. The van der Waals surface area contributed by atoms with Crippen LogP contribution in [0.2, 0.25) is 0 Å². The van der Waals surface area contributed by atoms with Gasteiger partial charge in [0.2, 0.25) is 0 Å². The maximum Gasteiger partial charge on any atom is 0.338 e. The van der Waals surface area contributed by atoms with Gasteiger partial charge >= 0.3 is 5.97 Å². The van der Waals surface area contributed by atoms with E-state index in [9.17, 15) is 4.79 Å². The summed E-state index contributed by atoms with van der Waals surface area (Å²) in [5, 5.41) is 2.05. The summed E-state index contributed by atoms with van der Waals surface area (Å²) in [6, 6.07) is 9.38. The van der Waals surface area contributed by atoms with Gasteiger partial charge in [-0.3, -0.25) is 0 Å². The summed E-state index contributed by atoms with van der Waals surface area (Å²) < 4.78 is 4.96. The first-order chi connectivity index (χ1) is 9.61. The van der Waals surface area contributed by atoms with E-state index in [1.54, 1.807) is 30.4 Å². The Bertz CT molecular complexity index is 582. The van der Waals surface area contributed by atoms with E-state index in [-0.39, 0.29) is 5.97 Å². The fraction of sp³-hybridized carbons (Fsp3) is 0.267. The van der Waals surface area contributed by atoms with Crippen LogP contribution in [0.15, 0.2) is 35.7 Å². The number of hydrogen-bond acceptors (Lipinski definition) is 5. The molecule has 0 bridgehead atoms. The van der Waals surface area contributed by atoms with Crippen molar-refractivity contribution in [2.24, 2.45) is 0 Å². The summed E-state index contributed by atoms with van der Waals surface area (Å²) >= 11 is 1.71. The molecular formula is C15H18N2O2S. The van der Waals surface area contributed by atoms with Crippen LogP contribution in [0.4, 0.5) is 11.4 Å². The minimum absolute atomic E-state index is 0.341. The fourth-order valence-electron chi connectivity index (χ4n) is 1.97. The number of hydrogen-bond donors (Lipinski definition) is 1. The van der Waals surface area contributed by atoms with Gasteiger partial charge in [-0.2, -0.15) is 0 Å². The van der Waals surface area contributed by atoms with Gasteiger partial charge in [0.05, 0.1) is 30.1 Å². The lowest BCUT2D eigenvalue weighted by Crippen LogP contribution is -2.17. The molecule has 1 aromatic heterocycles. The quantitative estimate of drug-likeness (QED) is 0.679. The third-order valence-corrected chi connectivity index (χ3v) is 3.78. The molecule has 20 heavy (non-hydrogen) atoms. The predicted octanol–water partition coefficient (Wildman–Crippen LogP) is 3.14. The summed E-state index contributed by atoms with van der Waals surface area (Å²) in [5.74, 6) is -0.341. The second kappa shape index (κ2) is 6.43. The Morgan fingerprint density at radius 1 is 1.40 bits per heavy atom. The van der Waals surface area contributed by atoms with Crippen LogP contribution in [0.3, 0.4) is 0 Å². The van der Waals surface area contributed by atoms with Crippen molar-refractivity contribution in [2.75, 3.05) is 24.3 Å². The number of anilines is 2. The van der Waals surface area contributed by atoms with E-state index < -0.39 is 0 Å². The molecule has 0 aliphatic carbocycles. The van der Waals surface area contributed by atoms with Crippen molar-refractivity contribution >= 4 is 28.7 Å². The van der Waals surface area contributed by atoms with Crippen LogP contribution in [0.1, 0.15) is 22.2 Å². The van der Waals surface area contributed by atoms with Gasteiger partial charge in [-0.05, 0) is 36.6 Å². The molecule has 2 N–H and O–H groups in total. The largest absolute Gasteiger partial charge is 0.462 e. The molecule has 0 saturated heterocycles. The zero-order valence-electron chi connectivity index (χ0n) is 11.6. The molecule has 4 nitrogen and oxygen atoms in total. The maximum atomic E-state index is 11.6. The number of carbonyl (C=O) groups is 1. The Kier molecular flexibility index (Phi) is 4.63. The van der Waals surface area contributed by atoms with E-state index in [0.29, 0.717) is 17.9 Å². The molecule has 0 radical (unpaired) electrons. The summed E-state index contributed by atoms with van der Waals surface area (Å²) in [4.78, 5) is 15.0. The van der Waals surface area contributed by atoms with Crippen LogP contribution in [0, 0.1) is 0 Å². The number of thiophene rings is 1. The molecular weight excluding hydrogens is 272 g/mol. The van der Waals surface area contributed by atoms with E-state index in [0.717, 1.165) is 12.2 Å². The Hall–Kier alpha value is -2.01. The molecule has 0 atom stereocenters. The molecule has 0 fully saturated rings. The fourth-order valence-corrected chi connectivity index (χ4v) is 2.72. The lowest BCUT2D eigenvalue weighted by atomic mass is 10.1. The van der Waals surface area contributed by atoms with Crippen LogP contribution >= 0.6 is 11.3 Å². The lowest BCUT2D eigenvalue weighted by molar-refractivity contribution is 0.0526. The number of ether oxygens (including phenoxy) is 1. The standard InChI is InChI=1S/C15H18N2O2S/c1-3-19-15(18)11-6-7-14(13(16)9-11)17(2)10-12-5-4-8-20-12/h4-9H,3,10,16H2,1-2H3. The minimum Gasteiger partial charge on any atom is -0.462 e. The van der Waals surface area contributed by atoms with Crippen LogP contribution < -0.4 is 10.6 Å². The van der Waals surface area contributed by atoms with Gasteiger partial charge < -0.3 is 15.4 Å². The number of rotatable bonds is 5. The highest BCUT2D eigenvalue weighted by Crippen LogP contribution is 2.26. The molecule has 106 valence electrons. The highest BCUT2D eigenvalue weighted by molar-refractivity contribution is 7.09. The average Bonchev–Trinajstić information content (AvgIpc) is 2.91. The zero-order valence-corrected chi connectivity index (χ0v) is 12.4. The zero-order chi connectivity index (χ0) is 14.5. The summed E-state index contributed by atoms with van der Waals surface area (Å²) in [6.07, 6.45) is 0. The van der Waals surface area contributed by atoms with Gasteiger partial charge in [-0.15, -0.1) is 11.3 Å². The molecule has 0 amide bonds. The van der Waals surface area contributed by atoms with Crippen molar-refractivity contribution in [1.29, 1.82) is 0 Å². The SMILES string of the molecule is CCOC(=O)c1ccc(N(C)Cc2cccs2)c(N)c1. The van der Waals surface area contributed by atoms with Crippen LogP contribution in [-0.2, 0) is 11.3 Å². The Labute approximate surface area is 122 Å². The summed E-state index contributed by atoms with van der Waals surface area (Å²) in [7, 11) is 1.98. The second-order valence-electron chi connectivity index (χ2n) is 4.43. The van der Waals surface area contributed by atoms with Crippen LogP contribution in [0.25, 0.3) is 0 Å². The number of nitrogen functional groups attached to an aromatic ring is 1. The summed E-state index contributed by atoms with van der Waals surface area (Å²) in [5.41, 5.74) is 8.01. The molecule has 1 aromatic carbocycles. The molecule has 5 heteroatoms. The van der Waals surface area contributed by atoms with Crippen LogP contribution in [0.5, 0.6) is 0 Å². The molecule has 2 rings (SSSR count). The van der Waals surface area contributed by atoms with Gasteiger partial charge in [-0.25, -0.2) is 4.79 Å². The number of benzene rings is 1. The van der Waals surface area contributed by atoms with Crippen molar-refractivity contribution < 1.29 is 9.53 Å². The van der Waals surface area contributed by atoms with Crippen molar-refractivity contribution in [3.8, 4) is 0 Å². The minimum atomic E-state index is -0.341. The lowest BCUT2D eigenvalue weighted by Gasteiger charge is -2.20. The third kappa shape index (κ3) is 3.30. The first kappa shape index (κ1) is 14.4. The topological polar surface area (TPSA) is 55.6 Å². The molecule has 0 spiro atoms. The maximum absolute atomic E-state index is 11.6. The van der Waals surface area contributed by atoms with Gasteiger partial charge in [0, 0.05) is 11.9 Å². The van der Waals surface area contributed by atoms with E-state index in [1.165, 1.54) is 4.88 Å². The van der Waals surface area contributed by atoms with Gasteiger partial charge in [0.15, 0.2) is 0 Å². The number of esters is 1. The van der Waals surface area contributed by atoms with E-state index in [1.807, 2.05) is 19.2 Å². The Morgan fingerprint density at radius 2 is 2.20 bits per heavy atom. The highest BCUT2D eigenvalue weighted by Gasteiger charge is 2.11. The highest BCUT2D eigenvalue weighted by atomic mass is 32.1.